The summed E-state index contributed by atoms with van der Waals surface area (Å²) in [4.78, 5) is 0. The van der Waals surface area contributed by atoms with Gasteiger partial charge in [-0.2, -0.15) is 0 Å². The molecule has 0 amide bonds. The van der Waals surface area contributed by atoms with Gasteiger partial charge in [0, 0.05) is 12.3 Å². The van der Waals surface area contributed by atoms with Gasteiger partial charge in [-0.1, -0.05) is 26.2 Å². The Morgan fingerprint density at radius 1 is 1.05 bits per heavy atom. The van der Waals surface area contributed by atoms with Crippen molar-refractivity contribution in [2.75, 3.05) is 6.26 Å². The molecule has 3 N–H and O–H groups in total. The van der Waals surface area contributed by atoms with Gasteiger partial charge in [-0.25, -0.2) is 8.42 Å². The molecule has 20 heavy (non-hydrogen) atoms. The minimum absolute atomic E-state index is 0.153. The molecule has 118 valence electrons. The van der Waals surface area contributed by atoms with Crippen LogP contribution in [0.4, 0.5) is 0 Å². The molecule has 2 rings (SSSR count). The Kier molecular flexibility index (Phi) is 5.49. The van der Waals surface area contributed by atoms with Crippen LogP contribution in [0.2, 0.25) is 0 Å². The normalized spacial score (nSPS) is 37.5. The molecule has 5 heteroatoms. The third-order valence-corrected chi connectivity index (χ3v) is 7.18. The van der Waals surface area contributed by atoms with Crippen molar-refractivity contribution >= 4 is 9.84 Å². The van der Waals surface area contributed by atoms with E-state index in [1.54, 1.807) is 0 Å². The van der Waals surface area contributed by atoms with Crippen LogP contribution in [0, 0.1) is 17.8 Å². The molecule has 2 fully saturated rings. The average molecular weight is 302 g/mol. The van der Waals surface area contributed by atoms with Gasteiger partial charge < -0.3 is 0 Å². The van der Waals surface area contributed by atoms with Crippen molar-refractivity contribution in [2.45, 2.75) is 69.6 Å². The van der Waals surface area contributed by atoms with E-state index in [1.807, 2.05) is 0 Å². The topological polar surface area (TPSA) is 72.2 Å². The molecular weight excluding hydrogens is 272 g/mol. The summed E-state index contributed by atoms with van der Waals surface area (Å²) in [6.45, 7) is 2.32. The Bertz CT molecular complexity index is 402. The fourth-order valence-corrected chi connectivity index (χ4v) is 5.39. The first kappa shape index (κ1) is 16.2. The first-order valence-electron chi connectivity index (χ1n) is 8.06. The van der Waals surface area contributed by atoms with Gasteiger partial charge in [0.1, 0.15) is 9.84 Å². The Hall–Kier alpha value is -0.130. The predicted molar refractivity (Wildman–Crippen MR) is 82.8 cm³/mol. The molecule has 0 aliphatic heterocycles. The smallest absolute Gasteiger partial charge is 0.150 e. The highest BCUT2D eigenvalue weighted by Gasteiger charge is 2.36. The quantitative estimate of drug-likeness (QED) is 0.617. The van der Waals surface area contributed by atoms with Crippen molar-refractivity contribution in [3.05, 3.63) is 0 Å². The standard InChI is InChI=1S/C15H30N2O2S/c1-11-6-8-12(9-7-11)15(17-16)13-4-3-5-14(10-13)20(2,18)19/h11-15,17H,3-10,16H2,1-2H3. The summed E-state index contributed by atoms with van der Waals surface area (Å²) in [5.74, 6) is 7.70. The molecule has 2 aliphatic carbocycles. The number of nitrogens with two attached hydrogens (primary N) is 1. The van der Waals surface area contributed by atoms with E-state index < -0.39 is 9.84 Å². The average Bonchev–Trinajstić information content (AvgIpc) is 2.41. The summed E-state index contributed by atoms with van der Waals surface area (Å²) in [7, 11) is -2.91. The Morgan fingerprint density at radius 2 is 1.70 bits per heavy atom. The van der Waals surface area contributed by atoms with Crippen LogP contribution in [0.25, 0.3) is 0 Å². The molecule has 4 nitrogen and oxygen atoms in total. The van der Waals surface area contributed by atoms with E-state index in [0.717, 1.165) is 31.6 Å². The highest BCUT2D eigenvalue weighted by molar-refractivity contribution is 7.91. The lowest BCUT2D eigenvalue weighted by atomic mass is 9.72. The monoisotopic (exact) mass is 302 g/mol. The molecule has 2 aliphatic rings. The minimum Gasteiger partial charge on any atom is -0.271 e. The van der Waals surface area contributed by atoms with E-state index in [4.69, 9.17) is 5.84 Å². The van der Waals surface area contributed by atoms with Crippen LogP contribution in [0.3, 0.4) is 0 Å². The maximum atomic E-state index is 11.8. The molecule has 0 aromatic heterocycles. The van der Waals surface area contributed by atoms with E-state index in [9.17, 15) is 8.42 Å². The first-order chi connectivity index (χ1) is 9.41. The number of hydrogen-bond acceptors (Lipinski definition) is 4. The van der Waals surface area contributed by atoms with Crippen molar-refractivity contribution in [3.63, 3.8) is 0 Å². The maximum Gasteiger partial charge on any atom is 0.150 e. The van der Waals surface area contributed by atoms with E-state index in [1.165, 1.54) is 31.9 Å². The van der Waals surface area contributed by atoms with Gasteiger partial charge >= 0.3 is 0 Å². The van der Waals surface area contributed by atoms with Gasteiger partial charge in [0.2, 0.25) is 0 Å². The molecule has 3 unspecified atom stereocenters. The lowest BCUT2D eigenvalue weighted by molar-refractivity contribution is 0.158. The number of hydrazine groups is 1. The molecule has 0 radical (unpaired) electrons. The molecule has 0 spiro atoms. The number of sulfone groups is 1. The van der Waals surface area contributed by atoms with Gasteiger partial charge in [-0.3, -0.25) is 11.3 Å². The molecule has 0 aromatic carbocycles. The highest BCUT2D eigenvalue weighted by Crippen LogP contribution is 2.38. The second-order valence-electron chi connectivity index (χ2n) is 7.09. The van der Waals surface area contributed by atoms with Crippen LogP contribution >= 0.6 is 0 Å². The highest BCUT2D eigenvalue weighted by atomic mass is 32.2. The molecule has 0 saturated heterocycles. The second kappa shape index (κ2) is 6.75. The molecular formula is C15H30N2O2S. The second-order valence-corrected chi connectivity index (χ2v) is 9.42. The van der Waals surface area contributed by atoms with Gasteiger partial charge in [0.15, 0.2) is 0 Å². The van der Waals surface area contributed by atoms with Crippen LogP contribution < -0.4 is 11.3 Å². The number of nitrogens with one attached hydrogen (secondary N) is 1. The lowest BCUT2D eigenvalue weighted by Gasteiger charge is -2.40. The summed E-state index contributed by atoms with van der Waals surface area (Å²) in [5.41, 5.74) is 3.03. The van der Waals surface area contributed by atoms with Crippen molar-refractivity contribution in [1.82, 2.24) is 5.43 Å². The zero-order valence-electron chi connectivity index (χ0n) is 12.8. The minimum atomic E-state index is -2.91. The van der Waals surface area contributed by atoms with Gasteiger partial charge in [-0.05, 0) is 49.9 Å². The molecule has 2 saturated carbocycles. The van der Waals surface area contributed by atoms with E-state index in [0.29, 0.717) is 17.9 Å². The van der Waals surface area contributed by atoms with Crippen LogP contribution in [-0.4, -0.2) is 26.0 Å². The maximum absolute atomic E-state index is 11.8. The third-order valence-electron chi connectivity index (χ3n) is 5.54. The van der Waals surface area contributed by atoms with Gasteiger partial charge in [0.05, 0.1) is 5.25 Å². The van der Waals surface area contributed by atoms with E-state index in [-0.39, 0.29) is 5.25 Å². The first-order valence-corrected chi connectivity index (χ1v) is 10.0. The summed E-state index contributed by atoms with van der Waals surface area (Å²) in [6, 6.07) is 0.298. The molecule has 0 aromatic rings. The largest absolute Gasteiger partial charge is 0.271 e. The van der Waals surface area contributed by atoms with Crippen LogP contribution in [0.5, 0.6) is 0 Å². The molecule has 3 atom stereocenters. The Morgan fingerprint density at radius 3 is 2.25 bits per heavy atom. The van der Waals surface area contributed by atoms with Crippen LogP contribution in [0.1, 0.15) is 58.3 Å². The lowest BCUT2D eigenvalue weighted by Crippen LogP contribution is -2.49. The fraction of sp³-hybridized carbons (Fsp3) is 1.00. The van der Waals surface area contributed by atoms with E-state index in [2.05, 4.69) is 12.3 Å². The molecule has 0 heterocycles. The number of hydrogen-bond donors (Lipinski definition) is 2. The summed E-state index contributed by atoms with van der Waals surface area (Å²) >= 11 is 0. The van der Waals surface area contributed by atoms with Crippen molar-refractivity contribution in [1.29, 1.82) is 0 Å². The zero-order valence-corrected chi connectivity index (χ0v) is 13.7. The zero-order chi connectivity index (χ0) is 14.8. The summed E-state index contributed by atoms with van der Waals surface area (Å²) in [5, 5.41) is -0.153. The Labute approximate surface area is 123 Å². The summed E-state index contributed by atoms with van der Waals surface area (Å²) in [6.07, 6.45) is 10.2. The van der Waals surface area contributed by atoms with Gasteiger partial charge in [0.25, 0.3) is 0 Å². The fourth-order valence-electron chi connectivity index (χ4n) is 4.20. The number of rotatable bonds is 4. The SMILES string of the molecule is CC1CCC(C(NN)C2CCCC(S(C)(=O)=O)C2)CC1. The third kappa shape index (κ3) is 3.95. The van der Waals surface area contributed by atoms with Gasteiger partial charge in [-0.15, -0.1) is 0 Å². The predicted octanol–water partition coefficient (Wildman–Crippen LogP) is 2.25. The summed E-state index contributed by atoms with van der Waals surface area (Å²) < 4.78 is 23.6. The van der Waals surface area contributed by atoms with Crippen molar-refractivity contribution in [2.24, 2.45) is 23.6 Å². The Balaban J connectivity index is 2.00. The van der Waals surface area contributed by atoms with Crippen molar-refractivity contribution < 1.29 is 8.42 Å². The van der Waals surface area contributed by atoms with Crippen LogP contribution in [-0.2, 0) is 9.84 Å². The van der Waals surface area contributed by atoms with Crippen LogP contribution in [0.15, 0.2) is 0 Å². The van der Waals surface area contributed by atoms with E-state index >= 15 is 0 Å². The van der Waals surface area contributed by atoms with Crippen molar-refractivity contribution in [3.8, 4) is 0 Å². The molecule has 0 bridgehead atoms.